The minimum atomic E-state index is -1.35. The smallest absolute Gasteiger partial charge is 0.129 e. The van der Waals surface area contributed by atoms with Gasteiger partial charge in [-0.3, -0.25) is 0 Å². The Balaban J connectivity index is 2.77. The van der Waals surface area contributed by atoms with Crippen molar-refractivity contribution in [3.05, 3.63) is 46.5 Å². The zero-order chi connectivity index (χ0) is 20.7. The third kappa shape index (κ3) is 4.47. The number of aryl methyl sites for hydroxylation is 2. The van der Waals surface area contributed by atoms with Crippen molar-refractivity contribution < 1.29 is 14.7 Å². The molecule has 0 saturated heterocycles. The van der Waals surface area contributed by atoms with Gasteiger partial charge in [0.15, 0.2) is 0 Å². The van der Waals surface area contributed by atoms with E-state index in [0.717, 1.165) is 32.9 Å². The van der Waals surface area contributed by atoms with Gasteiger partial charge in [-0.05, 0) is 47.9 Å². The van der Waals surface area contributed by atoms with Crippen molar-refractivity contribution in [3.63, 3.8) is 0 Å². The van der Waals surface area contributed by atoms with Gasteiger partial charge in [-0.15, -0.1) is 0 Å². The summed E-state index contributed by atoms with van der Waals surface area (Å²) in [5, 5.41) is 23.6. The summed E-state index contributed by atoms with van der Waals surface area (Å²) in [7, 11) is 0.292. The van der Waals surface area contributed by atoms with Crippen molar-refractivity contribution in [2.75, 3.05) is 7.11 Å². The van der Waals surface area contributed by atoms with Crippen LogP contribution in [0.3, 0.4) is 0 Å². The Hall–Kier alpha value is -1.57. The molecule has 0 fully saturated rings. The second-order valence-corrected chi connectivity index (χ2v) is 11.3. The van der Waals surface area contributed by atoms with E-state index < -0.39 is 8.15 Å². The fraction of sp³-hybridized carbons (Fsp3) is 0.478. The first-order valence-electron chi connectivity index (χ1n) is 9.29. The quantitative estimate of drug-likeness (QED) is 0.701. The predicted molar refractivity (Wildman–Crippen MR) is 116 cm³/mol. The molecule has 2 N–H and O–H groups in total. The summed E-state index contributed by atoms with van der Waals surface area (Å²) in [6.07, 6.45) is 0. The maximum absolute atomic E-state index is 11.1. The molecule has 2 rings (SSSR count). The maximum Gasteiger partial charge on any atom is 0.129 e. The van der Waals surface area contributed by atoms with Gasteiger partial charge in [0.1, 0.15) is 11.5 Å². The largest absolute Gasteiger partial charge is 0.507 e. The Kier molecular flexibility index (Phi) is 5.99. The van der Waals surface area contributed by atoms with Gasteiger partial charge >= 0.3 is 0 Å². The molecule has 0 radical (unpaired) electrons. The second kappa shape index (κ2) is 7.45. The van der Waals surface area contributed by atoms with Crippen molar-refractivity contribution in [1.82, 2.24) is 0 Å². The van der Waals surface area contributed by atoms with Gasteiger partial charge in [0.05, 0.1) is 8.15 Å². The zero-order valence-corrected chi connectivity index (χ0v) is 19.0. The Morgan fingerprint density at radius 1 is 0.704 bits per heavy atom. The molecule has 0 heterocycles. The SMILES string of the molecule is COP(c1cc(C)cc(C(C)(C)C)c1O)c1cc(C)cc(C(C)(C)C)c1O. The summed E-state index contributed by atoms with van der Waals surface area (Å²) in [6, 6.07) is 7.99. The summed E-state index contributed by atoms with van der Waals surface area (Å²) in [4.78, 5) is 0. The zero-order valence-electron chi connectivity index (χ0n) is 18.1. The standard InChI is InChI=1S/C23H33O3P/c1-14-10-16(22(3,4)5)20(24)18(12-14)27(26-9)19-13-15(2)11-17(21(19)25)23(6,7)8/h10-13,24-25H,1-9H3. The lowest BCUT2D eigenvalue weighted by atomic mass is 9.85. The Labute approximate surface area is 165 Å². The Morgan fingerprint density at radius 3 is 1.30 bits per heavy atom. The topological polar surface area (TPSA) is 49.7 Å². The van der Waals surface area contributed by atoms with E-state index in [2.05, 4.69) is 41.5 Å². The monoisotopic (exact) mass is 388 g/mol. The van der Waals surface area contributed by atoms with E-state index in [1.54, 1.807) is 7.11 Å². The number of aromatic hydroxyl groups is 2. The van der Waals surface area contributed by atoms with Gasteiger partial charge in [0.25, 0.3) is 0 Å². The molecule has 0 unspecified atom stereocenters. The van der Waals surface area contributed by atoms with Crippen molar-refractivity contribution >= 4 is 18.8 Å². The molecule has 0 atom stereocenters. The molecule has 0 saturated carbocycles. The normalized spacial score (nSPS) is 12.7. The van der Waals surface area contributed by atoms with E-state index in [0.29, 0.717) is 0 Å². The molecule has 0 aliphatic rings. The molecule has 2 aromatic rings. The fourth-order valence-electron chi connectivity index (χ4n) is 3.30. The molecular formula is C23H33O3P. The van der Waals surface area contributed by atoms with E-state index in [4.69, 9.17) is 4.52 Å². The van der Waals surface area contributed by atoms with Crippen LogP contribution in [0.5, 0.6) is 11.5 Å². The highest BCUT2D eigenvalue weighted by atomic mass is 31.1. The van der Waals surface area contributed by atoms with Crippen LogP contribution in [0, 0.1) is 13.8 Å². The van der Waals surface area contributed by atoms with Crippen molar-refractivity contribution in [2.45, 2.75) is 66.2 Å². The summed E-state index contributed by atoms with van der Waals surface area (Å²) in [5.41, 5.74) is 3.55. The van der Waals surface area contributed by atoms with E-state index in [1.165, 1.54) is 0 Å². The van der Waals surface area contributed by atoms with E-state index in [-0.39, 0.29) is 22.3 Å². The first-order chi connectivity index (χ1) is 12.3. The number of hydrogen-bond donors (Lipinski definition) is 2. The number of hydrogen-bond acceptors (Lipinski definition) is 3. The molecule has 2 aromatic carbocycles. The summed E-state index contributed by atoms with van der Waals surface area (Å²) in [6.45, 7) is 16.6. The number of phenols is 2. The third-order valence-corrected chi connectivity index (χ3v) is 6.63. The van der Waals surface area contributed by atoms with Crippen LogP contribution in [0.15, 0.2) is 24.3 Å². The van der Waals surface area contributed by atoms with Crippen molar-refractivity contribution in [3.8, 4) is 11.5 Å². The lowest BCUT2D eigenvalue weighted by Crippen LogP contribution is -2.22. The van der Waals surface area contributed by atoms with Crippen LogP contribution < -0.4 is 10.6 Å². The molecule has 27 heavy (non-hydrogen) atoms. The maximum atomic E-state index is 11.1. The number of benzene rings is 2. The van der Waals surface area contributed by atoms with Crippen LogP contribution in [0.25, 0.3) is 0 Å². The molecule has 0 amide bonds. The van der Waals surface area contributed by atoms with Crippen molar-refractivity contribution in [2.24, 2.45) is 0 Å². The van der Waals surface area contributed by atoms with Crippen LogP contribution >= 0.6 is 8.15 Å². The summed E-state index contributed by atoms with van der Waals surface area (Å²) < 4.78 is 5.87. The van der Waals surface area contributed by atoms with Crippen molar-refractivity contribution in [1.29, 1.82) is 0 Å². The van der Waals surface area contributed by atoms with Crippen LogP contribution in [0.4, 0.5) is 0 Å². The fourth-order valence-corrected chi connectivity index (χ4v) is 5.22. The molecule has 0 aromatic heterocycles. The van der Waals surface area contributed by atoms with Crippen LogP contribution in [0.2, 0.25) is 0 Å². The molecule has 0 aliphatic heterocycles. The molecule has 4 heteroatoms. The van der Waals surface area contributed by atoms with E-state index >= 15 is 0 Å². The highest BCUT2D eigenvalue weighted by Gasteiger charge is 2.29. The average molecular weight is 388 g/mol. The first kappa shape index (κ1) is 21.7. The molecule has 0 aliphatic carbocycles. The van der Waals surface area contributed by atoms with Gasteiger partial charge in [-0.2, -0.15) is 0 Å². The average Bonchev–Trinajstić information content (AvgIpc) is 2.51. The van der Waals surface area contributed by atoms with Gasteiger partial charge in [-0.1, -0.05) is 53.7 Å². The number of rotatable bonds is 3. The first-order valence-corrected chi connectivity index (χ1v) is 10.6. The van der Waals surface area contributed by atoms with Crippen LogP contribution in [0.1, 0.15) is 63.8 Å². The van der Waals surface area contributed by atoms with E-state index in [9.17, 15) is 10.2 Å². The Bertz CT molecular complexity index is 773. The van der Waals surface area contributed by atoms with Gasteiger partial charge < -0.3 is 14.7 Å². The molecule has 0 bridgehead atoms. The molecular weight excluding hydrogens is 355 g/mol. The lowest BCUT2D eigenvalue weighted by molar-refractivity contribution is 0.442. The predicted octanol–water partition coefficient (Wildman–Crippen LogP) is 5.30. The van der Waals surface area contributed by atoms with Gasteiger partial charge in [0, 0.05) is 28.8 Å². The molecule has 3 nitrogen and oxygen atoms in total. The van der Waals surface area contributed by atoms with Gasteiger partial charge in [-0.25, -0.2) is 0 Å². The third-order valence-electron chi connectivity index (χ3n) is 4.70. The molecule has 148 valence electrons. The highest BCUT2D eigenvalue weighted by molar-refractivity contribution is 7.69. The summed E-state index contributed by atoms with van der Waals surface area (Å²) in [5.74, 6) is 0.526. The second-order valence-electron chi connectivity index (χ2n) is 9.34. The Morgan fingerprint density at radius 2 is 1.04 bits per heavy atom. The minimum Gasteiger partial charge on any atom is -0.507 e. The lowest BCUT2D eigenvalue weighted by Gasteiger charge is -2.28. The van der Waals surface area contributed by atoms with Crippen LogP contribution in [-0.4, -0.2) is 17.3 Å². The molecule has 0 spiro atoms. The summed E-state index contributed by atoms with van der Waals surface area (Å²) >= 11 is 0. The minimum absolute atomic E-state index is 0.190. The highest BCUT2D eigenvalue weighted by Crippen LogP contribution is 2.45. The van der Waals surface area contributed by atoms with Crippen LogP contribution in [-0.2, 0) is 15.4 Å². The van der Waals surface area contributed by atoms with Gasteiger partial charge in [0.2, 0.25) is 0 Å². The van der Waals surface area contributed by atoms with E-state index in [1.807, 2.05) is 38.1 Å². The number of phenolic OH excluding ortho intramolecular Hbond substituents is 2.